The van der Waals surface area contributed by atoms with Gasteiger partial charge in [0.1, 0.15) is 6.09 Å². The number of hydrogen-bond acceptors (Lipinski definition) is 7. The van der Waals surface area contributed by atoms with Crippen LogP contribution in [-0.4, -0.2) is 86.0 Å². The van der Waals surface area contributed by atoms with Gasteiger partial charge in [-0.05, 0) is 81.8 Å². The van der Waals surface area contributed by atoms with E-state index in [0.717, 1.165) is 55.1 Å². The van der Waals surface area contributed by atoms with Gasteiger partial charge in [-0.15, -0.1) is 0 Å². The number of imidazole rings is 1. The topological polar surface area (TPSA) is 144 Å². The van der Waals surface area contributed by atoms with Gasteiger partial charge in [-0.25, -0.2) is 4.79 Å². The Kier molecular flexibility index (Phi) is 9.65. The molecule has 0 radical (unpaired) electrons. The third-order valence-electron chi connectivity index (χ3n) is 11.1. The lowest BCUT2D eigenvalue weighted by molar-refractivity contribution is -0.270. The lowest BCUT2D eigenvalue weighted by Gasteiger charge is -2.46. The molecule has 11 nitrogen and oxygen atoms in total. The number of carbonyl (C=O) groups is 2. The zero-order valence-electron chi connectivity index (χ0n) is 28.0. The number of amides is 2. The summed E-state index contributed by atoms with van der Waals surface area (Å²) in [4.78, 5) is 53.5. The zero-order valence-corrected chi connectivity index (χ0v) is 28.8. The summed E-state index contributed by atoms with van der Waals surface area (Å²) in [5, 5.41) is 13.1. The first-order chi connectivity index (χ1) is 24.4. The first-order valence-electron chi connectivity index (χ1n) is 17.5. The van der Waals surface area contributed by atoms with Crippen molar-refractivity contribution in [3.63, 3.8) is 0 Å². The quantitative estimate of drug-likeness (QED) is 0.272. The molecule has 3 N–H and O–H groups in total. The number of alkyl halides is 3. The van der Waals surface area contributed by atoms with Gasteiger partial charge in [-0.2, -0.15) is 13.2 Å². The number of rotatable bonds is 6. The predicted octanol–water partition coefficient (Wildman–Crippen LogP) is 4.82. The zero-order chi connectivity index (χ0) is 36.0. The molecule has 3 aliphatic rings. The van der Waals surface area contributed by atoms with Crippen LogP contribution in [0, 0.1) is 5.92 Å². The maximum atomic E-state index is 14.6. The van der Waals surface area contributed by atoms with Crippen LogP contribution in [-0.2, 0) is 17.4 Å². The average molecular weight is 727 g/mol. The summed E-state index contributed by atoms with van der Waals surface area (Å²) < 4.78 is 43.6. The highest BCUT2D eigenvalue weighted by Gasteiger charge is 2.42. The van der Waals surface area contributed by atoms with E-state index in [1.165, 1.54) is 12.5 Å². The number of nitrogens with one attached hydrogen (secondary N) is 1. The number of benzene rings is 2. The number of nitrogen functional groups attached to an aromatic ring is 1. The van der Waals surface area contributed by atoms with Crippen molar-refractivity contribution in [1.82, 2.24) is 29.2 Å². The first-order valence-corrected chi connectivity index (χ1v) is 17.9. The number of fused-ring (bicyclic) bond motifs is 3. The van der Waals surface area contributed by atoms with Gasteiger partial charge in [-0.3, -0.25) is 14.3 Å². The number of para-hydroxylation sites is 1. The van der Waals surface area contributed by atoms with Crippen LogP contribution >= 0.6 is 11.6 Å². The van der Waals surface area contributed by atoms with Crippen LogP contribution in [0.1, 0.15) is 62.1 Å². The molecule has 272 valence electrons. The molecular formula is C36H40ClF3N7O4-. The summed E-state index contributed by atoms with van der Waals surface area (Å²) in [7, 11) is 0. The second-order valence-electron chi connectivity index (χ2n) is 14.0. The Hall–Kier alpha value is -4.30. The van der Waals surface area contributed by atoms with E-state index in [4.69, 9.17) is 17.3 Å². The summed E-state index contributed by atoms with van der Waals surface area (Å²) in [6, 6.07) is 8.32. The van der Waals surface area contributed by atoms with E-state index < -0.39 is 47.2 Å². The highest BCUT2D eigenvalue weighted by Crippen LogP contribution is 2.40. The van der Waals surface area contributed by atoms with Crippen LogP contribution in [0.15, 0.2) is 47.4 Å². The first kappa shape index (κ1) is 35.1. The summed E-state index contributed by atoms with van der Waals surface area (Å²) in [6.07, 6.45) is 0.326. The Morgan fingerprint density at radius 3 is 2.43 bits per heavy atom. The number of likely N-dealkylation sites (tertiary alicyclic amines) is 3. The van der Waals surface area contributed by atoms with Crippen molar-refractivity contribution in [3.8, 4) is 0 Å². The minimum absolute atomic E-state index is 0.0448. The molecule has 0 saturated carbocycles. The molecule has 4 aromatic rings. The normalized spacial score (nSPS) is 21.7. The number of nitrogens with zero attached hydrogens (tertiary/aromatic N) is 5. The van der Waals surface area contributed by atoms with Crippen molar-refractivity contribution >= 4 is 51.2 Å². The Bertz CT molecular complexity index is 2000. The number of aromatic amines is 1. The van der Waals surface area contributed by atoms with Gasteiger partial charge >= 0.3 is 11.9 Å². The average Bonchev–Trinajstić information content (AvgIpc) is 3.47. The number of H-pyrrole nitrogens is 1. The second kappa shape index (κ2) is 14.0. The molecule has 0 spiro atoms. The molecule has 2 aromatic heterocycles. The van der Waals surface area contributed by atoms with E-state index in [2.05, 4.69) is 14.9 Å². The molecule has 3 aliphatic heterocycles. The number of carbonyl (C=O) groups excluding carboxylic acids is 2. The van der Waals surface area contributed by atoms with Crippen molar-refractivity contribution in [2.45, 2.75) is 75.7 Å². The molecule has 2 unspecified atom stereocenters. The van der Waals surface area contributed by atoms with Gasteiger partial charge in [-0.1, -0.05) is 36.2 Å². The fourth-order valence-corrected chi connectivity index (χ4v) is 8.78. The number of anilines is 1. The lowest BCUT2D eigenvalue weighted by Crippen LogP contribution is -2.58. The third-order valence-corrected chi connectivity index (χ3v) is 11.4. The van der Waals surface area contributed by atoms with Gasteiger partial charge in [0.2, 0.25) is 5.91 Å². The summed E-state index contributed by atoms with van der Waals surface area (Å²) in [5.41, 5.74) is 5.49. The molecule has 0 bridgehead atoms. The van der Waals surface area contributed by atoms with Crippen LogP contribution in [0.5, 0.6) is 0 Å². The van der Waals surface area contributed by atoms with Crippen LogP contribution in [0.3, 0.4) is 0 Å². The van der Waals surface area contributed by atoms with E-state index in [9.17, 15) is 32.7 Å². The molecule has 51 heavy (non-hydrogen) atoms. The number of nitrogens with two attached hydrogens (primary N) is 1. The minimum atomic E-state index is -4.80. The third kappa shape index (κ3) is 6.87. The van der Waals surface area contributed by atoms with Crippen LogP contribution in [0.25, 0.3) is 21.9 Å². The second-order valence-corrected chi connectivity index (χ2v) is 14.4. The molecule has 5 heterocycles. The van der Waals surface area contributed by atoms with Crippen molar-refractivity contribution in [3.05, 3.63) is 69.2 Å². The molecule has 15 heteroatoms. The number of carboxylic acid groups (broad SMARTS) is 1. The molecule has 2 amide bonds. The number of pyridine rings is 1. The summed E-state index contributed by atoms with van der Waals surface area (Å²) >= 11 is 6.21. The van der Waals surface area contributed by atoms with Gasteiger partial charge in [0.15, 0.2) is 0 Å². The Morgan fingerprint density at radius 2 is 1.73 bits per heavy atom. The van der Waals surface area contributed by atoms with Crippen molar-refractivity contribution in [2.24, 2.45) is 5.92 Å². The monoisotopic (exact) mass is 726 g/mol. The number of piperidine rings is 3. The SMILES string of the molecule is Nc1c(Cl)cc(CC(C(=O)N2CCC(N3CCCCC3)CC2)[C@@H]2CC(n3c(=O)[nH]c4c5ccccc5ncc43)CCN2C(=O)[O-])cc1C(F)(F)F. The largest absolute Gasteiger partial charge is 0.530 e. The van der Waals surface area contributed by atoms with Crippen molar-refractivity contribution in [2.75, 3.05) is 38.5 Å². The maximum Gasteiger partial charge on any atom is 0.418 e. The summed E-state index contributed by atoms with van der Waals surface area (Å²) in [6.45, 7) is 2.87. The lowest BCUT2D eigenvalue weighted by atomic mass is 9.82. The number of aromatic nitrogens is 3. The predicted molar refractivity (Wildman–Crippen MR) is 185 cm³/mol. The van der Waals surface area contributed by atoms with E-state index in [1.54, 1.807) is 15.7 Å². The van der Waals surface area contributed by atoms with Crippen molar-refractivity contribution < 1.29 is 27.9 Å². The molecule has 7 rings (SSSR count). The highest BCUT2D eigenvalue weighted by atomic mass is 35.5. The minimum Gasteiger partial charge on any atom is -0.530 e. The van der Waals surface area contributed by atoms with Gasteiger partial charge < -0.3 is 35.3 Å². The van der Waals surface area contributed by atoms with Crippen LogP contribution < -0.4 is 16.5 Å². The molecular weight excluding hydrogens is 687 g/mol. The number of halogens is 4. The van der Waals surface area contributed by atoms with Gasteiger partial charge in [0.05, 0.1) is 44.9 Å². The van der Waals surface area contributed by atoms with E-state index in [0.29, 0.717) is 35.7 Å². The smallest absolute Gasteiger partial charge is 0.418 e. The Balaban J connectivity index is 1.25. The Labute approximate surface area is 297 Å². The molecule has 3 fully saturated rings. The summed E-state index contributed by atoms with van der Waals surface area (Å²) in [5.74, 6) is -1.46. The van der Waals surface area contributed by atoms with Crippen molar-refractivity contribution in [1.29, 1.82) is 0 Å². The molecule has 2 aromatic carbocycles. The van der Waals surface area contributed by atoms with Crippen LogP contribution in [0.2, 0.25) is 5.02 Å². The van der Waals surface area contributed by atoms with Gasteiger partial charge in [0, 0.05) is 43.1 Å². The number of hydrogen-bond donors (Lipinski definition) is 2. The van der Waals surface area contributed by atoms with Crippen LogP contribution in [0.4, 0.5) is 23.7 Å². The van der Waals surface area contributed by atoms with E-state index >= 15 is 0 Å². The molecule has 3 atom stereocenters. The van der Waals surface area contributed by atoms with E-state index in [-0.39, 0.29) is 42.3 Å². The van der Waals surface area contributed by atoms with E-state index in [1.807, 2.05) is 24.3 Å². The maximum absolute atomic E-state index is 14.6. The molecule has 0 aliphatic carbocycles. The highest BCUT2D eigenvalue weighted by molar-refractivity contribution is 6.33. The fourth-order valence-electron chi connectivity index (χ4n) is 8.54. The standard InChI is InChI=1S/C36H41ClF3N7O4/c37-27-18-21(17-26(31(27)41)36(38,39)40)16-25(33(48)45-13-8-22(9-14-45)44-11-4-1-5-12-44)29-19-23(10-15-46(29)35(50)51)47-30-20-42-28-7-3-2-6-24(28)32(30)43-34(47)49/h2-3,6-7,17-18,20,22-23,25,29H,1,4-5,8-16,19,41H2,(H,43,49)(H,50,51)/p-1/t23?,25?,29-/m0/s1. The fraction of sp³-hybridized carbons (Fsp3) is 0.500. The Morgan fingerprint density at radius 1 is 1.02 bits per heavy atom. The van der Waals surface area contributed by atoms with Gasteiger partial charge in [0.25, 0.3) is 0 Å². The molecule has 3 saturated heterocycles.